The Labute approximate surface area is 136 Å². The molecule has 1 fully saturated rings. The van der Waals surface area contributed by atoms with Crippen molar-refractivity contribution in [2.75, 3.05) is 5.32 Å². The molecule has 1 atom stereocenters. The second-order valence-electron chi connectivity index (χ2n) is 5.77. The maximum absolute atomic E-state index is 12.7. The lowest BCUT2D eigenvalue weighted by molar-refractivity contribution is -0.137. The molecule has 0 spiro atoms. The van der Waals surface area contributed by atoms with E-state index in [1.54, 1.807) is 6.07 Å². The van der Waals surface area contributed by atoms with Crippen molar-refractivity contribution in [3.8, 4) is 0 Å². The molecule has 0 unspecified atom stereocenters. The van der Waals surface area contributed by atoms with Crippen LogP contribution in [0.4, 0.5) is 19.0 Å². The predicted molar refractivity (Wildman–Crippen MR) is 81.1 cm³/mol. The molecule has 1 aliphatic carbocycles. The molecule has 24 heavy (non-hydrogen) atoms. The summed E-state index contributed by atoms with van der Waals surface area (Å²) >= 11 is 0. The molecule has 8 heteroatoms. The van der Waals surface area contributed by atoms with Crippen molar-refractivity contribution in [1.82, 2.24) is 15.2 Å². The molecule has 1 amide bonds. The molecule has 2 aromatic heterocycles. The van der Waals surface area contributed by atoms with Gasteiger partial charge in [-0.15, -0.1) is 0 Å². The number of pyridine rings is 1. The Kier molecular flexibility index (Phi) is 4.55. The van der Waals surface area contributed by atoms with E-state index >= 15 is 0 Å². The van der Waals surface area contributed by atoms with Crippen LogP contribution >= 0.6 is 0 Å². The summed E-state index contributed by atoms with van der Waals surface area (Å²) in [7, 11) is 0. The van der Waals surface area contributed by atoms with Crippen LogP contribution in [0.5, 0.6) is 0 Å². The van der Waals surface area contributed by atoms with Crippen molar-refractivity contribution in [3.05, 3.63) is 47.8 Å². The van der Waals surface area contributed by atoms with Gasteiger partial charge in [0.05, 0.1) is 17.7 Å². The molecule has 0 aromatic carbocycles. The number of amides is 1. The molecule has 5 nitrogen and oxygen atoms in total. The van der Waals surface area contributed by atoms with E-state index < -0.39 is 17.6 Å². The SMILES string of the molecule is O=C(Cc1cc(C(F)(F)F)ccn1)Nc1cc([C@H]2C[CH]CC2)[nH]n1. The second kappa shape index (κ2) is 6.62. The van der Waals surface area contributed by atoms with Gasteiger partial charge < -0.3 is 5.32 Å². The lowest BCUT2D eigenvalue weighted by atomic mass is 10.0. The molecular weight excluding hydrogens is 321 g/mol. The molecule has 0 aliphatic heterocycles. The fraction of sp³-hybridized carbons (Fsp3) is 0.375. The molecule has 1 radical (unpaired) electrons. The minimum absolute atomic E-state index is 0.0588. The van der Waals surface area contributed by atoms with Gasteiger partial charge in [0.25, 0.3) is 0 Å². The van der Waals surface area contributed by atoms with E-state index in [1.807, 2.05) is 0 Å². The van der Waals surface area contributed by atoms with Gasteiger partial charge in [0, 0.05) is 23.9 Å². The first-order chi connectivity index (χ1) is 11.4. The van der Waals surface area contributed by atoms with E-state index in [-0.39, 0.29) is 12.1 Å². The van der Waals surface area contributed by atoms with Gasteiger partial charge in [0.15, 0.2) is 5.82 Å². The summed E-state index contributed by atoms with van der Waals surface area (Å²) in [6.07, 6.45) is 1.64. The topological polar surface area (TPSA) is 70.7 Å². The van der Waals surface area contributed by atoms with Crippen LogP contribution in [0, 0.1) is 6.42 Å². The maximum Gasteiger partial charge on any atom is 0.416 e. The van der Waals surface area contributed by atoms with Crippen molar-refractivity contribution in [3.63, 3.8) is 0 Å². The highest BCUT2D eigenvalue weighted by molar-refractivity contribution is 5.91. The summed E-state index contributed by atoms with van der Waals surface area (Å²) in [5.41, 5.74) is 0.194. The summed E-state index contributed by atoms with van der Waals surface area (Å²) in [6.45, 7) is 0. The maximum atomic E-state index is 12.7. The number of halogens is 3. The van der Waals surface area contributed by atoms with E-state index in [0.717, 1.165) is 43.3 Å². The van der Waals surface area contributed by atoms with Crippen LogP contribution in [-0.2, 0) is 17.4 Å². The first-order valence-corrected chi connectivity index (χ1v) is 7.61. The van der Waals surface area contributed by atoms with Crippen LogP contribution in [0.3, 0.4) is 0 Å². The van der Waals surface area contributed by atoms with Crippen molar-refractivity contribution in [1.29, 1.82) is 0 Å². The number of alkyl halides is 3. The fourth-order valence-corrected chi connectivity index (χ4v) is 2.75. The van der Waals surface area contributed by atoms with E-state index in [4.69, 9.17) is 0 Å². The first-order valence-electron chi connectivity index (χ1n) is 7.61. The number of hydrogen-bond donors (Lipinski definition) is 2. The third-order valence-electron chi connectivity index (χ3n) is 3.96. The van der Waals surface area contributed by atoms with Crippen molar-refractivity contribution < 1.29 is 18.0 Å². The zero-order valence-electron chi connectivity index (χ0n) is 12.7. The molecule has 2 aromatic rings. The number of aromatic amines is 1. The Morgan fingerprint density at radius 1 is 1.38 bits per heavy atom. The molecular formula is C16H16F3N4O. The van der Waals surface area contributed by atoms with Gasteiger partial charge in [-0.2, -0.15) is 18.3 Å². The first kappa shape index (κ1) is 16.5. The van der Waals surface area contributed by atoms with Crippen LogP contribution < -0.4 is 5.32 Å². The predicted octanol–water partition coefficient (Wildman–Crippen LogP) is 3.48. The van der Waals surface area contributed by atoms with Gasteiger partial charge in [-0.3, -0.25) is 14.9 Å². The number of carbonyl (C=O) groups is 1. The fourth-order valence-electron chi connectivity index (χ4n) is 2.75. The highest BCUT2D eigenvalue weighted by Crippen LogP contribution is 2.33. The molecule has 3 rings (SSSR count). The van der Waals surface area contributed by atoms with E-state index in [0.29, 0.717) is 11.7 Å². The largest absolute Gasteiger partial charge is 0.416 e. The standard InChI is InChI=1S/C16H16F3N4O/c17-16(18,19)11-5-6-20-12(7-11)8-15(24)21-14-9-13(22-23-14)10-3-1-2-4-10/h1,5-7,9-10H,2-4,8H2,(H2,21,22,23,24)/t10-/m0/s1. The third-order valence-corrected chi connectivity index (χ3v) is 3.96. The summed E-state index contributed by atoms with van der Waals surface area (Å²) in [5, 5.41) is 9.50. The molecule has 0 saturated heterocycles. The summed E-state index contributed by atoms with van der Waals surface area (Å²) in [4.78, 5) is 15.8. The Morgan fingerprint density at radius 3 is 2.92 bits per heavy atom. The van der Waals surface area contributed by atoms with Crippen LogP contribution in [0.1, 0.15) is 42.1 Å². The number of nitrogens with one attached hydrogen (secondary N) is 2. The Morgan fingerprint density at radius 2 is 2.21 bits per heavy atom. The Bertz CT molecular complexity index is 720. The summed E-state index contributed by atoms with van der Waals surface area (Å²) < 4.78 is 38.0. The van der Waals surface area contributed by atoms with Gasteiger partial charge in [-0.05, 0) is 37.8 Å². The zero-order chi connectivity index (χ0) is 17.2. The molecule has 0 bridgehead atoms. The van der Waals surface area contributed by atoms with Gasteiger partial charge in [0.1, 0.15) is 0 Å². The van der Waals surface area contributed by atoms with Crippen LogP contribution in [0.2, 0.25) is 0 Å². The molecule has 2 N–H and O–H groups in total. The minimum atomic E-state index is -4.45. The van der Waals surface area contributed by atoms with Crippen molar-refractivity contribution in [2.45, 2.75) is 37.8 Å². The Balaban J connectivity index is 1.61. The average molecular weight is 337 g/mol. The number of anilines is 1. The van der Waals surface area contributed by atoms with E-state index in [2.05, 4.69) is 26.9 Å². The number of H-pyrrole nitrogens is 1. The molecule has 127 valence electrons. The van der Waals surface area contributed by atoms with E-state index in [9.17, 15) is 18.0 Å². The number of aromatic nitrogens is 3. The Hall–Kier alpha value is -2.38. The number of rotatable bonds is 4. The van der Waals surface area contributed by atoms with Gasteiger partial charge in [-0.1, -0.05) is 0 Å². The number of carbonyl (C=O) groups excluding carboxylic acids is 1. The number of nitrogens with zero attached hydrogens (tertiary/aromatic N) is 2. The van der Waals surface area contributed by atoms with Crippen molar-refractivity contribution >= 4 is 11.7 Å². The highest BCUT2D eigenvalue weighted by atomic mass is 19.4. The van der Waals surface area contributed by atoms with Crippen LogP contribution in [0.15, 0.2) is 24.4 Å². The smallest absolute Gasteiger partial charge is 0.309 e. The molecule has 1 saturated carbocycles. The lowest BCUT2D eigenvalue weighted by Crippen LogP contribution is -2.16. The van der Waals surface area contributed by atoms with Gasteiger partial charge >= 0.3 is 6.18 Å². The summed E-state index contributed by atoms with van der Waals surface area (Å²) in [6, 6.07) is 3.52. The quantitative estimate of drug-likeness (QED) is 0.897. The highest BCUT2D eigenvalue weighted by Gasteiger charge is 2.30. The summed E-state index contributed by atoms with van der Waals surface area (Å²) in [5.74, 6) is 0.292. The normalized spacial score (nSPS) is 15.6. The lowest BCUT2D eigenvalue weighted by Gasteiger charge is -2.07. The number of hydrogen-bond acceptors (Lipinski definition) is 3. The minimum Gasteiger partial charge on any atom is -0.309 e. The third kappa shape index (κ3) is 3.93. The average Bonchev–Trinajstić information content (AvgIpc) is 3.17. The van der Waals surface area contributed by atoms with Gasteiger partial charge in [-0.25, -0.2) is 0 Å². The zero-order valence-corrected chi connectivity index (χ0v) is 12.7. The molecule has 1 aliphatic rings. The molecule has 2 heterocycles. The monoisotopic (exact) mass is 337 g/mol. The van der Waals surface area contributed by atoms with E-state index in [1.165, 1.54) is 0 Å². The van der Waals surface area contributed by atoms with Gasteiger partial charge in [0.2, 0.25) is 5.91 Å². The van der Waals surface area contributed by atoms with Crippen LogP contribution in [-0.4, -0.2) is 21.1 Å². The van der Waals surface area contributed by atoms with Crippen molar-refractivity contribution in [2.24, 2.45) is 0 Å². The van der Waals surface area contributed by atoms with Crippen LogP contribution in [0.25, 0.3) is 0 Å². The second-order valence-corrected chi connectivity index (χ2v) is 5.77.